The second kappa shape index (κ2) is 5.97. The molecule has 15 heavy (non-hydrogen) atoms. The summed E-state index contributed by atoms with van der Waals surface area (Å²) in [6, 6.07) is 0. The van der Waals surface area contributed by atoms with Crippen LogP contribution in [0.5, 0.6) is 0 Å². The highest BCUT2D eigenvalue weighted by Gasteiger charge is 1.99. The van der Waals surface area contributed by atoms with E-state index in [4.69, 9.17) is 5.84 Å². The van der Waals surface area contributed by atoms with E-state index >= 15 is 0 Å². The van der Waals surface area contributed by atoms with Gasteiger partial charge in [0.05, 0.1) is 0 Å². The van der Waals surface area contributed by atoms with E-state index < -0.39 is 0 Å². The highest BCUT2D eigenvalue weighted by atomic mass is 15.3. The zero-order chi connectivity index (χ0) is 11.1. The molecule has 0 aliphatic heterocycles. The second-order valence-electron chi connectivity index (χ2n) is 3.01. The fourth-order valence-corrected chi connectivity index (χ4v) is 1.12. The lowest BCUT2D eigenvalue weighted by molar-refractivity contribution is 0.766. The van der Waals surface area contributed by atoms with Crippen molar-refractivity contribution in [3.05, 3.63) is 12.2 Å². The van der Waals surface area contributed by atoms with Crippen LogP contribution in [0.3, 0.4) is 0 Å². The molecule has 0 fully saturated rings. The van der Waals surface area contributed by atoms with Gasteiger partial charge in [-0.2, -0.15) is 0 Å². The maximum atomic E-state index is 5.27. The molecule has 1 rings (SSSR count). The minimum absolute atomic E-state index is 0.597. The quantitative estimate of drug-likeness (QED) is 0.251. The first-order valence-electron chi connectivity index (χ1n) is 4.85. The van der Waals surface area contributed by atoms with Gasteiger partial charge in [0.2, 0.25) is 5.96 Å². The van der Waals surface area contributed by atoms with E-state index in [1.807, 2.05) is 18.5 Å². The number of hydrogen-bond acceptors (Lipinski definition) is 4. The lowest BCUT2D eigenvalue weighted by Gasteiger charge is -2.05. The first-order chi connectivity index (χ1) is 7.27. The Morgan fingerprint density at radius 3 is 3.00 bits per heavy atom. The molecule has 0 saturated heterocycles. The van der Waals surface area contributed by atoms with Crippen molar-refractivity contribution in [2.24, 2.45) is 17.9 Å². The van der Waals surface area contributed by atoms with Crippen LogP contribution in [0.25, 0.3) is 0 Å². The largest absolute Gasteiger partial charge is 0.356 e. The van der Waals surface area contributed by atoms with Gasteiger partial charge in [-0.05, 0) is 6.92 Å². The van der Waals surface area contributed by atoms with E-state index in [-0.39, 0.29) is 0 Å². The van der Waals surface area contributed by atoms with Gasteiger partial charge in [0, 0.05) is 26.6 Å². The molecular weight excluding hydrogens is 194 g/mol. The van der Waals surface area contributed by atoms with Crippen molar-refractivity contribution in [2.75, 3.05) is 13.1 Å². The van der Waals surface area contributed by atoms with Gasteiger partial charge in [0.1, 0.15) is 12.2 Å². The topological polar surface area (TPSA) is 93.1 Å². The van der Waals surface area contributed by atoms with Crippen LogP contribution < -0.4 is 16.6 Å². The smallest absolute Gasteiger partial charge is 0.205 e. The summed E-state index contributed by atoms with van der Waals surface area (Å²) in [6.07, 6.45) is 2.42. The molecule has 0 unspecified atom stereocenters. The van der Waals surface area contributed by atoms with Crippen molar-refractivity contribution >= 4 is 5.96 Å². The highest BCUT2D eigenvalue weighted by Crippen LogP contribution is 1.92. The Kier molecular flexibility index (Phi) is 4.55. The van der Waals surface area contributed by atoms with Gasteiger partial charge in [-0.1, -0.05) is 0 Å². The maximum Gasteiger partial charge on any atom is 0.205 e. The number of nitrogens with two attached hydrogens (primary N) is 1. The molecule has 0 saturated carbocycles. The Labute approximate surface area is 88.8 Å². The molecule has 0 radical (unpaired) electrons. The van der Waals surface area contributed by atoms with Gasteiger partial charge in [-0.15, -0.1) is 10.2 Å². The molecule has 7 nitrogen and oxygen atoms in total. The van der Waals surface area contributed by atoms with Crippen LogP contribution in [0.4, 0.5) is 0 Å². The number of aryl methyl sites for hydroxylation is 1. The van der Waals surface area contributed by atoms with E-state index in [0.717, 1.165) is 18.8 Å². The van der Waals surface area contributed by atoms with Crippen molar-refractivity contribution in [3.8, 4) is 0 Å². The van der Waals surface area contributed by atoms with Gasteiger partial charge in [0.15, 0.2) is 0 Å². The Morgan fingerprint density at radius 2 is 2.47 bits per heavy atom. The average molecular weight is 211 g/mol. The summed E-state index contributed by atoms with van der Waals surface area (Å²) in [4.78, 5) is 4.24. The second-order valence-corrected chi connectivity index (χ2v) is 3.01. The zero-order valence-electron chi connectivity index (χ0n) is 9.06. The summed E-state index contributed by atoms with van der Waals surface area (Å²) in [5.74, 6) is 6.78. The number of aromatic nitrogens is 3. The monoisotopic (exact) mass is 211 g/mol. The number of nitrogens with one attached hydrogen (secondary N) is 2. The van der Waals surface area contributed by atoms with E-state index in [2.05, 4.69) is 25.9 Å². The van der Waals surface area contributed by atoms with E-state index in [0.29, 0.717) is 12.5 Å². The fourth-order valence-electron chi connectivity index (χ4n) is 1.12. The number of guanidine groups is 1. The third-order valence-corrected chi connectivity index (χ3v) is 1.89. The molecule has 84 valence electrons. The van der Waals surface area contributed by atoms with E-state index in [9.17, 15) is 0 Å². The van der Waals surface area contributed by atoms with E-state index in [1.165, 1.54) is 0 Å². The van der Waals surface area contributed by atoms with Gasteiger partial charge >= 0.3 is 0 Å². The van der Waals surface area contributed by atoms with Crippen molar-refractivity contribution in [1.82, 2.24) is 25.5 Å². The minimum Gasteiger partial charge on any atom is -0.356 e. The summed E-state index contributed by atoms with van der Waals surface area (Å²) in [5.41, 5.74) is 2.49. The van der Waals surface area contributed by atoms with Crippen molar-refractivity contribution < 1.29 is 0 Å². The molecule has 1 aromatic rings. The first-order valence-corrected chi connectivity index (χ1v) is 4.85. The average Bonchev–Trinajstić information content (AvgIpc) is 2.63. The molecular formula is C8H17N7. The molecule has 0 bridgehead atoms. The number of hydrazine groups is 1. The SMILES string of the molecule is CCNC(=NCCc1nncn1C)NN. The molecule has 4 N–H and O–H groups in total. The number of hydrogen-bond donors (Lipinski definition) is 3. The lowest BCUT2D eigenvalue weighted by Crippen LogP contribution is -2.41. The number of rotatable bonds is 4. The van der Waals surface area contributed by atoms with Crippen LogP contribution in [0.15, 0.2) is 11.3 Å². The van der Waals surface area contributed by atoms with Crippen molar-refractivity contribution in [3.63, 3.8) is 0 Å². The van der Waals surface area contributed by atoms with Gasteiger partial charge in [-0.25, -0.2) is 5.84 Å². The van der Waals surface area contributed by atoms with Gasteiger partial charge in [0.25, 0.3) is 0 Å². The third-order valence-electron chi connectivity index (χ3n) is 1.89. The summed E-state index contributed by atoms with van der Waals surface area (Å²) in [5, 5.41) is 10.7. The molecule has 0 aliphatic carbocycles. The normalized spacial score (nSPS) is 11.5. The lowest BCUT2D eigenvalue weighted by atomic mass is 10.4. The fraction of sp³-hybridized carbons (Fsp3) is 0.625. The van der Waals surface area contributed by atoms with Crippen LogP contribution in [-0.4, -0.2) is 33.8 Å². The Bertz CT molecular complexity index is 317. The molecule has 0 atom stereocenters. The van der Waals surface area contributed by atoms with Crippen molar-refractivity contribution in [2.45, 2.75) is 13.3 Å². The van der Waals surface area contributed by atoms with Crippen LogP contribution >= 0.6 is 0 Å². The van der Waals surface area contributed by atoms with Crippen molar-refractivity contribution in [1.29, 1.82) is 0 Å². The van der Waals surface area contributed by atoms with Crippen LogP contribution in [0, 0.1) is 0 Å². The molecule has 7 heteroatoms. The van der Waals surface area contributed by atoms with Crippen LogP contribution in [0.1, 0.15) is 12.7 Å². The first kappa shape index (κ1) is 11.4. The Hall–Kier alpha value is -1.63. The summed E-state index contributed by atoms with van der Waals surface area (Å²) in [7, 11) is 1.91. The predicted molar refractivity (Wildman–Crippen MR) is 58.0 cm³/mol. The summed E-state index contributed by atoms with van der Waals surface area (Å²) >= 11 is 0. The van der Waals surface area contributed by atoms with Crippen LogP contribution in [0.2, 0.25) is 0 Å². The van der Waals surface area contributed by atoms with E-state index in [1.54, 1.807) is 6.33 Å². The predicted octanol–water partition coefficient (Wildman–Crippen LogP) is -1.21. The molecule has 1 aromatic heterocycles. The highest BCUT2D eigenvalue weighted by molar-refractivity contribution is 5.79. The molecule has 0 aliphatic rings. The molecule has 0 spiro atoms. The van der Waals surface area contributed by atoms with Gasteiger partial charge < -0.3 is 9.88 Å². The molecule has 1 heterocycles. The third kappa shape index (κ3) is 3.55. The Balaban J connectivity index is 2.40. The standard InChI is InChI=1S/C8H17N7/c1-3-10-8(13-9)11-5-4-7-14-12-6-15(7)2/h6H,3-5,9H2,1-2H3,(H2,10,11,13). The van der Waals surface area contributed by atoms with Crippen LogP contribution in [-0.2, 0) is 13.5 Å². The number of nitrogens with zero attached hydrogens (tertiary/aromatic N) is 4. The zero-order valence-corrected chi connectivity index (χ0v) is 9.06. The summed E-state index contributed by atoms with van der Waals surface area (Å²) < 4.78 is 1.87. The number of aliphatic imine (C=N–C) groups is 1. The Morgan fingerprint density at radius 1 is 1.67 bits per heavy atom. The van der Waals surface area contributed by atoms with Gasteiger partial charge in [-0.3, -0.25) is 10.4 Å². The molecule has 0 aromatic carbocycles. The minimum atomic E-state index is 0.597. The maximum absolute atomic E-state index is 5.27. The summed E-state index contributed by atoms with van der Waals surface area (Å²) in [6.45, 7) is 3.39. The molecule has 0 amide bonds.